The lowest BCUT2D eigenvalue weighted by Gasteiger charge is -2.24. The monoisotopic (exact) mass is 290 g/mol. The van der Waals surface area contributed by atoms with Gasteiger partial charge in [-0.25, -0.2) is 0 Å². The first kappa shape index (κ1) is 12.8. The highest BCUT2D eigenvalue weighted by atomic mass is 32.1. The van der Waals surface area contributed by atoms with Gasteiger partial charge in [-0.15, -0.1) is 11.3 Å². The zero-order chi connectivity index (χ0) is 13.9. The van der Waals surface area contributed by atoms with Crippen molar-refractivity contribution < 1.29 is 4.79 Å². The highest BCUT2D eigenvalue weighted by Crippen LogP contribution is 2.52. The van der Waals surface area contributed by atoms with Gasteiger partial charge in [0.1, 0.15) is 0 Å². The van der Waals surface area contributed by atoms with E-state index >= 15 is 0 Å². The van der Waals surface area contributed by atoms with Gasteiger partial charge in [0.25, 0.3) is 0 Å². The van der Waals surface area contributed by atoms with Crippen LogP contribution in [0, 0.1) is 18.8 Å². The van der Waals surface area contributed by atoms with E-state index in [1.807, 2.05) is 11.3 Å². The Labute approximate surface area is 124 Å². The molecule has 0 aromatic carbocycles. The van der Waals surface area contributed by atoms with E-state index in [4.69, 9.17) is 0 Å². The maximum atomic E-state index is 12.8. The second kappa shape index (κ2) is 4.57. The summed E-state index contributed by atoms with van der Waals surface area (Å²) in [6.07, 6.45) is 2.28. The van der Waals surface area contributed by atoms with E-state index in [1.165, 1.54) is 23.4 Å². The molecule has 20 heavy (non-hydrogen) atoms. The molecule has 4 atom stereocenters. The van der Waals surface area contributed by atoms with Crippen LogP contribution in [-0.4, -0.2) is 48.4 Å². The van der Waals surface area contributed by atoms with Crippen molar-refractivity contribution in [3.05, 3.63) is 21.9 Å². The van der Waals surface area contributed by atoms with Crippen LogP contribution < -0.4 is 0 Å². The van der Waals surface area contributed by atoms with Gasteiger partial charge in [-0.2, -0.15) is 0 Å². The second-order valence-electron chi connectivity index (χ2n) is 6.79. The van der Waals surface area contributed by atoms with Crippen LogP contribution >= 0.6 is 11.3 Å². The molecule has 2 saturated heterocycles. The number of likely N-dealkylation sites (N-methyl/N-ethyl adjacent to an activating group) is 1. The van der Waals surface area contributed by atoms with E-state index in [2.05, 4.69) is 35.2 Å². The standard InChI is InChI=1S/C16H22N2OS/c1-10-4-6-20-15(10)12-7-13(12)16(19)18-5-3-11-8-17(2)9-14(11)18/h4,6,11-14H,3,5,7-9H2,1-2H3/t11-,12+,13+,14+/m0/s1. The molecule has 0 spiro atoms. The van der Waals surface area contributed by atoms with Crippen molar-refractivity contribution in [1.29, 1.82) is 0 Å². The maximum Gasteiger partial charge on any atom is 0.226 e. The molecule has 4 heteroatoms. The van der Waals surface area contributed by atoms with Crippen LogP contribution in [-0.2, 0) is 4.79 Å². The second-order valence-corrected chi connectivity index (χ2v) is 7.73. The van der Waals surface area contributed by atoms with Crippen LogP contribution in [0.5, 0.6) is 0 Å². The Bertz CT molecular complexity index is 540. The number of amides is 1. The van der Waals surface area contributed by atoms with E-state index in [9.17, 15) is 4.79 Å². The molecule has 1 aliphatic carbocycles. The van der Waals surface area contributed by atoms with Crippen LogP contribution in [0.1, 0.15) is 29.2 Å². The van der Waals surface area contributed by atoms with Gasteiger partial charge in [0, 0.05) is 42.4 Å². The third-order valence-electron chi connectivity index (χ3n) is 5.36. The fraction of sp³-hybridized carbons (Fsp3) is 0.688. The third kappa shape index (κ3) is 1.92. The van der Waals surface area contributed by atoms with Gasteiger partial charge in [-0.3, -0.25) is 4.79 Å². The van der Waals surface area contributed by atoms with Crippen LogP contribution in [0.4, 0.5) is 0 Å². The number of carbonyl (C=O) groups excluding carboxylic acids is 1. The van der Waals surface area contributed by atoms with Gasteiger partial charge in [0.15, 0.2) is 0 Å². The summed E-state index contributed by atoms with van der Waals surface area (Å²) in [6.45, 7) is 5.41. The average Bonchev–Trinajstić information content (AvgIpc) is 2.72. The van der Waals surface area contributed by atoms with Crippen molar-refractivity contribution in [2.45, 2.75) is 31.7 Å². The van der Waals surface area contributed by atoms with Crippen LogP contribution in [0.3, 0.4) is 0 Å². The van der Waals surface area contributed by atoms with Gasteiger partial charge >= 0.3 is 0 Å². The van der Waals surface area contributed by atoms with Crippen LogP contribution in [0.25, 0.3) is 0 Å². The molecule has 108 valence electrons. The Balaban J connectivity index is 1.46. The Morgan fingerprint density at radius 1 is 1.40 bits per heavy atom. The molecule has 4 rings (SSSR count). The van der Waals surface area contributed by atoms with E-state index in [-0.39, 0.29) is 5.92 Å². The maximum absolute atomic E-state index is 12.8. The molecule has 3 aliphatic rings. The van der Waals surface area contributed by atoms with Crippen molar-refractivity contribution in [3.8, 4) is 0 Å². The van der Waals surface area contributed by atoms with Gasteiger partial charge in [0.05, 0.1) is 0 Å². The normalized spacial score (nSPS) is 36.4. The molecule has 3 heterocycles. The highest BCUT2D eigenvalue weighted by Gasteiger charge is 2.51. The van der Waals surface area contributed by atoms with Gasteiger partial charge in [0.2, 0.25) is 5.91 Å². The SMILES string of the molecule is Cc1ccsc1[C@@H]1C[C@H]1C(=O)N1CC[C@H]2CN(C)C[C@H]21. The minimum atomic E-state index is 0.275. The van der Waals surface area contributed by atoms with Crippen LogP contribution in [0.15, 0.2) is 11.4 Å². The third-order valence-corrected chi connectivity index (χ3v) is 6.51. The molecular weight excluding hydrogens is 268 g/mol. The van der Waals surface area contributed by atoms with Gasteiger partial charge in [-0.1, -0.05) is 0 Å². The topological polar surface area (TPSA) is 23.6 Å². The largest absolute Gasteiger partial charge is 0.338 e. The lowest BCUT2D eigenvalue weighted by molar-refractivity contribution is -0.133. The van der Waals surface area contributed by atoms with Crippen molar-refractivity contribution in [1.82, 2.24) is 9.80 Å². The molecule has 0 radical (unpaired) electrons. The predicted molar refractivity (Wildman–Crippen MR) is 81.0 cm³/mol. The number of hydrogen-bond donors (Lipinski definition) is 0. The fourth-order valence-electron chi connectivity index (χ4n) is 4.18. The van der Waals surface area contributed by atoms with Crippen molar-refractivity contribution in [3.63, 3.8) is 0 Å². The summed E-state index contributed by atoms with van der Waals surface area (Å²) >= 11 is 1.82. The number of thiophene rings is 1. The summed E-state index contributed by atoms with van der Waals surface area (Å²) < 4.78 is 0. The summed E-state index contributed by atoms with van der Waals surface area (Å²) in [4.78, 5) is 18.8. The number of fused-ring (bicyclic) bond motifs is 1. The zero-order valence-corrected chi connectivity index (χ0v) is 13.0. The molecular formula is C16H22N2OS. The molecule has 1 aromatic heterocycles. The minimum absolute atomic E-state index is 0.275. The first-order chi connectivity index (χ1) is 9.65. The smallest absolute Gasteiger partial charge is 0.226 e. The number of aryl methyl sites for hydroxylation is 1. The lowest BCUT2D eigenvalue weighted by atomic mass is 10.0. The van der Waals surface area contributed by atoms with E-state index < -0.39 is 0 Å². The first-order valence-corrected chi connectivity index (χ1v) is 8.56. The number of hydrogen-bond acceptors (Lipinski definition) is 3. The summed E-state index contributed by atoms with van der Waals surface area (Å²) in [7, 11) is 2.18. The Hall–Kier alpha value is -0.870. The van der Waals surface area contributed by atoms with Crippen molar-refractivity contribution in [2.24, 2.45) is 11.8 Å². The number of carbonyl (C=O) groups is 1. The first-order valence-electron chi connectivity index (χ1n) is 7.68. The zero-order valence-electron chi connectivity index (χ0n) is 12.2. The number of rotatable bonds is 2. The Morgan fingerprint density at radius 3 is 3.00 bits per heavy atom. The van der Waals surface area contributed by atoms with Crippen molar-refractivity contribution >= 4 is 17.2 Å². The lowest BCUT2D eigenvalue weighted by Crippen LogP contribution is -2.40. The van der Waals surface area contributed by atoms with E-state index in [1.54, 1.807) is 0 Å². The van der Waals surface area contributed by atoms with Crippen molar-refractivity contribution in [2.75, 3.05) is 26.7 Å². The number of likely N-dealkylation sites (tertiary alicyclic amines) is 2. The van der Waals surface area contributed by atoms with Gasteiger partial charge in [-0.05, 0) is 49.7 Å². The van der Waals surface area contributed by atoms with E-state index in [0.29, 0.717) is 17.9 Å². The van der Waals surface area contributed by atoms with Gasteiger partial charge < -0.3 is 9.80 Å². The summed E-state index contributed by atoms with van der Waals surface area (Å²) in [5.74, 6) is 1.95. The summed E-state index contributed by atoms with van der Waals surface area (Å²) in [6, 6.07) is 2.68. The molecule has 1 aromatic rings. The van der Waals surface area contributed by atoms with E-state index in [0.717, 1.165) is 25.4 Å². The Morgan fingerprint density at radius 2 is 2.25 bits per heavy atom. The van der Waals surface area contributed by atoms with Crippen LogP contribution in [0.2, 0.25) is 0 Å². The molecule has 0 N–H and O–H groups in total. The molecule has 3 fully saturated rings. The molecule has 3 nitrogen and oxygen atoms in total. The fourth-order valence-corrected chi connectivity index (χ4v) is 5.29. The summed E-state index contributed by atoms with van der Waals surface area (Å²) in [5.41, 5.74) is 1.37. The molecule has 1 saturated carbocycles. The predicted octanol–water partition coefficient (Wildman–Crippen LogP) is 2.32. The molecule has 2 aliphatic heterocycles. The minimum Gasteiger partial charge on any atom is -0.338 e. The average molecular weight is 290 g/mol. The Kier molecular flexibility index (Phi) is 2.93. The molecule has 1 amide bonds. The highest BCUT2D eigenvalue weighted by molar-refractivity contribution is 7.10. The number of nitrogens with zero attached hydrogens (tertiary/aromatic N) is 2. The molecule has 0 unspecified atom stereocenters. The molecule has 0 bridgehead atoms. The summed E-state index contributed by atoms with van der Waals surface area (Å²) in [5, 5.41) is 2.16. The quantitative estimate of drug-likeness (QED) is 0.834.